The second-order valence-electron chi connectivity index (χ2n) is 5.95. The van der Waals surface area contributed by atoms with Gasteiger partial charge in [-0.15, -0.1) is 11.8 Å². The van der Waals surface area contributed by atoms with Gasteiger partial charge in [0.05, 0.1) is 0 Å². The summed E-state index contributed by atoms with van der Waals surface area (Å²) in [6.07, 6.45) is 13.3. The number of rotatable bonds is 5. The van der Waals surface area contributed by atoms with Gasteiger partial charge in [0.2, 0.25) is 0 Å². The lowest BCUT2D eigenvalue weighted by Crippen LogP contribution is -2.02. The smallest absolute Gasteiger partial charge is 0.0485 e. The molecule has 3 heteroatoms. The summed E-state index contributed by atoms with van der Waals surface area (Å²) in [4.78, 5) is 0. The van der Waals surface area contributed by atoms with Gasteiger partial charge in [0.25, 0.3) is 0 Å². The summed E-state index contributed by atoms with van der Waals surface area (Å²) in [7, 11) is 0. The van der Waals surface area contributed by atoms with Crippen molar-refractivity contribution < 1.29 is 0 Å². The lowest BCUT2D eigenvalue weighted by Gasteiger charge is -2.13. The molecule has 1 aromatic carbocycles. The van der Waals surface area contributed by atoms with Crippen LogP contribution in [-0.2, 0) is 6.42 Å². The Morgan fingerprint density at radius 1 is 1.29 bits per heavy atom. The molecule has 1 fully saturated rings. The molecular formula is C18H23NS2. The average molecular weight is 318 g/mol. The number of thioether (sulfide) groups is 1. The predicted octanol–water partition coefficient (Wildman–Crippen LogP) is 5.77. The highest BCUT2D eigenvalue weighted by Gasteiger charge is 2.19. The van der Waals surface area contributed by atoms with E-state index in [-0.39, 0.29) is 0 Å². The van der Waals surface area contributed by atoms with E-state index in [1.807, 2.05) is 0 Å². The molecule has 21 heavy (non-hydrogen) atoms. The van der Waals surface area contributed by atoms with E-state index in [9.17, 15) is 0 Å². The number of aryl methyl sites for hydroxylation is 1. The summed E-state index contributed by atoms with van der Waals surface area (Å²) >= 11 is 7.03. The summed E-state index contributed by atoms with van der Waals surface area (Å²) in [6, 6.07) is 9.61. The molecule has 112 valence electrons. The zero-order chi connectivity index (χ0) is 14.7. The molecule has 2 aromatic rings. The lowest BCUT2D eigenvalue weighted by atomic mass is 10.1. The van der Waals surface area contributed by atoms with Crippen LogP contribution in [-0.4, -0.2) is 15.0 Å². The molecule has 1 aliphatic rings. The van der Waals surface area contributed by atoms with Gasteiger partial charge in [-0.25, -0.2) is 0 Å². The Kier molecular flexibility index (Phi) is 5.02. The quantitative estimate of drug-likeness (QED) is 0.645. The molecule has 0 bridgehead atoms. The number of benzene rings is 1. The summed E-state index contributed by atoms with van der Waals surface area (Å²) in [5, 5.41) is 1.44. The molecular weight excluding hydrogens is 294 g/mol. The Morgan fingerprint density at radius 2 is 2.05 bits per heavy atom. The van der Waals surface area contributed by atoms with E-state index in [2.05, 4.69) is 41.3 Å². The third-order valence-electron chi connectivity index (χ3n) is 4.60. The van der Waals surface area contributed by atoms with Crippen LogP contribution >= 0.6 is 24.0 Å². The topological polar surface area (TPSA) is 4.93 Å². The predicted molar refractivity (Wildman–Crippen MR) is 98.5 cm³/mol. The van der Waals surface area contributed by atoms with E-state index in [0.717, 1.165) is 23.1 Å². The Labute approximate surface area is 137 Å². The van der Waals surface area contributed by atoms with E-state index >= 15 is 0 Å². The molecule has 1 aliphatic carbocycles. The second kappa shape index (κ2) is 6.97. The SMILES string of the molecule is CSC(=S)CCCc1cn(C2CCCC2)c2ccccc12. The molecule has 1 aromatic heterocycles. The molecule has 0 N–H and O–H groups in total. The minimum atomic E-state index is 0.718. The summed E-state index contributed by atoms with van der Waals surface area (Å²) < 4.78 is 3.68. The minimum absolute atomic E-state index is 0.718. The Hall–Kier alpha value is -0.800. The highest BCUT2D eigenvalue weighted by Crippen LogP contribution is 2.34. The molecule has 0 unspecified atom stereocenters. The van der Waals surface area contributed by atoms with Crippen LogP contribution in [0.2, 0.25) is 0 Å². The number of thiocarbonyl (C=S) groups is 1. The first kappa shape index (κ1) is 15.1. The largest absolute Gasteiger partial charge is 0.344 e. The molecule has 0 atom stereocenters. The first-order chi connectivity index (χ1) is 10.3. The van der Waals surface area contributed by atoms with E-state index in [4.69, 9.17) is 12.2 Å². The number of fused-ring (bicyclic) bond motifs is 1. The van der Waals surface area contributed by atoms with Crippen molar-refractivity contribution in [1.82, 2.24) is 4.57 Å². The number of nitrogens with zero attached hydrogens (tertiary/aromatic N) is 1. The maximum atomic E-state index is 5.32. The highest BCUT2D eigenvalue weighted by atomic mass is 32.2. The van der Waals surface area contributed by atoms with E-state index in [0.29, 0.717) is 0 Å². The summed E-state index contributed by atoms with van der Waals surface area (Å²) in [5.74, 6) is 0. The molecule has 0 radical (unpaired) electrons. The van der Waals surface area contributed by atoms with Crippen LogP contribution in [0.3, 0.4) is 0 Å². The molecule has 1 heterocycles. The number of para-hydroxylation sites is 1. The molecule has 0 saturated heterocycles. The third kappa shape index (κ3) is 3.35. The number of hydrogen-bond acceptors (Lipinski definition) is 2. The van der Waals surface area contributed by atoms with Crippen molar-refractivity contribution in [3.8, 4) is 0 Å². The first-order valence-corrected chi connectivity index (χ1v) is 9.58. The van der Waals surface area contributed by atoms with E-state index in [1.54, 1.807) is 11.8 Å². The molecule has 1 nitrogen and oxygen atoms in total. The van der Waals surface area contributed by atoms with Crippen molar-refractivity contribution in [2.45, 2.75) is 51.0 Å². The zero-order valence-electron chi connectivity index (χ0n) is 12.7. The normalized spacial score (nSPS) is 15.9. The fraction of sp³-hybridized carbons (Fsp3) is 0.500. The highest BCUT2D eigenvalue weighted by molar-refractivity contribution is 8.22. The van der Waals surface area contributed by atoms with Gasteiger partial charge in [0, 0.05) is 27.3 Å². The molecule has 3 rings (SSSR count). The van der Waals surface area contributed by atoms with Gasteiger partial charge in [0.1, 0.15) is 0 Å². The van der Waals surface area contributed by atoms with Crippen molar-refractivity contribution >= 4 is 39.1 Å². The average Bonchev–Trinajstić information content (AvgIpc) is 3.15. The Balaban J connectivity index is 1.83. The van der Waals surface area contributed by atoms with Gasteiger partial charge in [-0.3, -0.25) is 0 Å². The maximum Gasteiger partial charge on any atom is 0.0485 e. The minimum Gasteiger partial charge on any atom is -0.344 e. The number of hydrogen-bond donors (Lipinski definition) is 0. The van der Waals surface area contributed by atoms with Gasteiger partial charge >= 0.3 is 0 Å². The monoisotopic (exact) mass is 317 g/mol. The number of aromatic nitrogens is 1. The van der Waals surface area contributed by atoms with Crippen LogP contribution in [0.25, 0.3) is 10.9 Å². The fourth-order valence-corrected chi connectivity index (χ4v) is 3.98. The third-order valence-corrected chi connectivity index (χ3v) is 5.96. The van der Waals surface area contributed by atoms with Crippen molar-refractivity contribution in [1.29, 1.82) is 0 Å². The van der Waals surface area contributed by atoms with Gasteiger partial charge < -0.3 is 4.57 Å². The van der Waals surface area contributed by atoms with Crippen LogP contribution in [0.15, 0.2) is 30.5 Å². The molecule has 1 saturated carbocycles. The van der Waals surface area contributed by atoms with Gasteiger partial charge in [-0.2, -0.15) is 0 Å². The Bertz CT molecular complexity index is 623. The van der Waals surface area contributed by atoms with Crippen molar-refractivity contribution in [3.63, 3.8) is 0 Å². The Morgan fingerprint density at radius 3 is 2.81 bits per heavy atom. The zero-order valence-corrected chi connectivity index (χ0v) is 14.3. The standard InChI is InChI=1S/C18H23NS2/c1-21-18(20)12-6-7-14-13-19(15-8-2-3-9-15)17-11-5-4-10-16(14)17/h4-5,10-11,13,15H,2-3,6-9,12H2,1H3. The van der Waals surface area contributed by atoms with Crippen LogP contribution < -0.4 is 0 Å². The molecule has 0 amide bonds. The first-order valence-electron chi connectivity index (χ1n) is 7.95. The lowest BCUT2D eigenvalue weighted by molar-refractivity contribution is 0.534. The van der Waals surface area contributed by atoms with E-state index < -0.39 is 0 Å². The van der Waals surface area contributed by atoms with Crippen LogP contribution in [0.5, 0.6) is 0 Å². The summed E-state index contributed by atoms with van der Waals surface area (Å²) in [5.41, 5.74) is 2.92. The van der Waals surface area contributed by atoms with Gasteiger partial charge in [-0.1, -0.05) is 43.3 Å². The van der Waals surface area contributed by atoms with Crippen LogP contribution in [0.4, 0.5) is 0 Å². The van der Waals surface area contributed by atoms with Crippen molar-refractivity contribution in [2.24, 2.45) is 0 Å². The maximum absolute atomic E-state index is 5.32. The van der Waals surface area contributed by atoms with Crippen molar-refractivity contribution in [3.05, 3.63) is 36.0 Å². The molecule has 0 spiro atoms. The van der Waals surface area contributed by atoms with Crippen molar-refractivity contribution in [2.75, 3.05) is 6.26 Å². The van der Waals surface area contributed by atoms with Gasteiger partial charge in [-0.05, 0) is 50.0 Å². The van der Waals surface area contributed by atoms with E-state index in [1.165, 1.54) is 48.6 Å². The summed E-state index contributed by atoms with van der Waals surface area (Å²) in [6.45, 7) is 0. The second-order valence-corrected chi connectivity index (χ2v) is 7.60. The van der Waals surface area contributed by atoms with Crippen LogP contribution in [0, 0.1) is 0 Å². The fourth-order valence-electron chi connectivity index (χ4n) is 3.49. The van der Waals surface area contributed by atoms with Crippen LogP contribution in [0.1, 0.15) is 50.1 Å². The molecule has 0 aliphatic heterocycles. The van der Waals surface area contributed by atoms with Gasteiger partial charge in [0.15, 0.2) is 0 Å².